The van der Waals surface area contributed by atoms with E-state index in [4.69, 9.17) is 10.7 Å². The third kappa shape index (κ3) is 4.67. The molecule has 2 amide bonds. The Morgan fingerprint density at radius 2 is 1.71 bits per heavy atom. The van der Waals surface area contributed by atoms with Gasteiger partial charge in [-0.15, -0.1) is 0 Å². The van der Waals surface area contributed by atoms with Crippen molar-refractivity contribution in [1.29, 1.82) is 0 Å². The van der Waals surface area contributed by atoms with Crippen LogP contribution in [0.25, 0.3) is 11.4 Å². The molecule has 0 aromatic carbocycles. The van der Waals surface area contributed by atoms with Gasteiger partial charge in [0.1, 0.15) is 11.6 Å². The lowest BCUT2D eigenvalue weighted by atomic mass is 9.92. The van der Waals surface area contributed by atoms with Crippen molar-refractivity contribution in [3.8, 4) is 11.4 Å². The summed E-state index contributed by atoms with van der Waals surface area (Å²) in [5.41, 5.74) is 8.87. The van der Waals surface area contributed by atoms with E-state index in [-0.39, 0.29) is 34.7 Å². The van der Waals surface area contributed by atoms with Crippen molar-refractivity contribution in [2.45, 2.75) is 25.3 Å². The summed E-state index contributed by atoms with van der Waals surface area (Å²) >= 11 is 0. The van der Waals surface area contributed by atoms with Crippen LogP contribution in [0.4, 0.5) is 11.6 Å². The maximum absolute atomic E-state index is 13.2. The molecule has 0 bridgehead atoms. The SMILES string of the molecule is Nc1ncccc1C(=O)Nc1ncccc1C(=O)N[C@@H]1CCCc2nc(-c3cccnc3)ncc21. The monoisotopic (exact) mass is 466 g/mol. The van der Waals surface area contributed by atoms with Gasteiger partial charge in [-0.3, -0.25) is 14.6 Å². The standard InChI is InChI=1S/C25H22N8O2/c26-21-16(6-3-11-28-21)24(34)33-23-17(7-4-12-29-23)25(35)32-20-9-1-8-19-18(20)14-30-22(31-19)15-5-2-10-27-13-15/h2-7,10-14,20H,1,8-9H2,(H2,26,28)(H,32,35)(H,29,33,34)/t20-/m1/s1. The van der Waals surface area contributed by atoms with Crippen molar-refractivity contribution in [3.63, 3.8) is 0 Å². The summed E-state index contributed by atoms with van der Waals surface area (Å²) in [6, 6.07) is 9.91. The van der Waals surface area contributed by atoms with Crippen LogP contribution in [0, 0.1) is 0 Å². The zero-order valence-corrected chi connectivity index (χ0v) is 18.7. The van der Waals surface area contributed by atoms with E-state index in [0.29, 0.717) is 5.82 Å². The number of hydrogen-bond donors (Lipinski definition) is 3. The third-order valence-corrected chi connectivity index (χ3v) is 5.77. The number of nitrogens with one attached hydrogen (secondary N) is 2. The second-order valence-electron chi connectivity index (χ2n) is 8.05. The van der Waals surface area contributed by atoms with Crippen LogP contribution in [0.5, 0.6) is 0 Å². The van der Waals surface area contributed by atoms with E-state index < -0.39 is 5.91 Å². The largest absolute Gasteiger partial charge is 0.383 e. The van der Waals surface area contributed by atoms with Crippen LogP contribution in [-0.2, 0) is 6.42 Å². The van der Waals surface area contributed by atoms with Crippen molar-refractivity contribution in [2.24, 2.45) is 0 Å². The first-order valence-corrected chi connectivity index (χ1v) is 11.1. The third-order valence-electron chi connectivity index (χ3n) is 5.77. The number of pyridine rings is 3. The first kappa shape index (κ1) is 22.1. The normalized spacial score (nSPS) is 14.6. The fourth-order valence-electron chi connectivity index (χ4n) is 4.04. The van der Waals surface area contributed by atoms with Gasteiger partial charge in [0, 0.05) is 47.8 Å². The Balaban J connectivity index is 1.36. The number of carbonyl (C=O) groups excluding carboxylic acids is 2. The van der Waals surface area contributed by atoms with Crippen molar-refractivity contribution in [3.05, 3.63) is 89.8 Å². The molecule has 5 rings (SSSR count). The van der Waals surface area contributed by atoms with E-state index in [2.05, 4.69) is 30.6 Å². The quantitative estimate of drug-likeness (QED) is 0.406. The average molecular weight is 467 g/mol. The zero-order valence-electron chi connectivity index (χ0n) is 18.7. The number of amides is 2. The second kappa shape index (κ2) is 9.64. The molecule has 0 spiro atoms. The Kier molecular flexibility index (Phi) is 6.08. The molecule has 1 aliphatic rings. The van der Waals surface area contributed by atoms with Gasteiger partial charge in [0.2, 0.25) is 0 Å². The molecule has 0 unspecified atom stereocenters. The summed E-state index contributed by atoms with van der Waals surface area (Å²) in [4.78, 5) is 47.4. The van der Waals surface area contributed by atoms with Crippen molar-refractivity contribution >= 4 is 23.5 Å². The fourth-order valence-corrected chi connectivity index (χ4v) is 4.04. The van der Waals surface area contributed by atoms with Gasteiger partial charge in [-0.05, 0) is 55.7 Å². The molecule has 10 heteroatoms. The van der Waals surface area contributed by atoms with Gasteiger partial charge in [-0.1, -0.05) is 0 Å². The number of nitrogens with two attached hydrogens (primary N) is 1. The topological polar surface area (TPSA) is 149 Å². The Morgan fingerprint density at radius 3 is 2.51 bits per heavy atom. The van der Waals surface area contributed by atoms with Crippen LogP contribution in [0.15, 0.2) is 67.4 Å². The van der Waals surface area contributed by atoms with Gasteiger partial charge in [0.25, 0.3) is 11.8 Å². The number of anilines is 2. The molecule has 1 atom stereocenters. The molecule has 174 valence electrons. The minimum absolute atomic E-state index is 0.0939. The van der Waals surface area contributed by atoms with E-state index in [1.807, 2.05) is 12.1 Å². The molecule has 4 N–H and O–H groups in total. The summed E-state index contributed by atoms with van der Waals surface area (Å²) < 4.78 is 0. The highest BCUT2D eigenvalue weighted by molar-refractivity contribution is 6.10. The van der Waals surface area contributed by atoms with Crippen molar-refractivity contribution in [1.82, 2.24) is 30.2 Å². The van der Waals surface area contributed by atoms with Gasteiger partial charge in [-0.2, -0.15) is 0 Å². The van der Waals surface area contributed by atoms with Crippen LogP contribution in [0.2, 0.25) is 0 Å². The number of nitrogens with zero attached hydrogens (tertiary/aromatic N) is 5. The Bertz CT molecular complexity index is 1390. The molecule has 10 nitrogen and oxygen atoms in total. The van der Waals surface area contributed by atoms with E-state index >= 15 is 0 Å². The highest BCUT2D eigenvalue weighted by Crippen LogP contribution is 2.30. The van der Waals surface area contributed by atoms with Gasteiger partial charge in [-0.25, -0.2) is 19.9 Å². The average Bonchev–Trinajstić information content (AvgIpc) is 2.89. The van der Waals surface area contributed by atoms with E-state index in [1.165, 1.54) is 12.4 Å². The molecule has 0 saturated heterocycles. The summed E-state index contributed by atoms with van der Waals surface area (Å²) in [7, 11) is 0. The predicted molar refractivity (Wildman–Crippen MR) is 129 cm³/mol. The molecular weight excluding hydrogens is 444 g/mol. The van der Waals surface area contributed by atoms with Gasteiger partial charge in [0.15, 0.2) is 5.82 Å². The zero-order chi connectivity index (χ0) is 24.2. The number of nitrogen functional groups attached to an aromatic ring is 1. The molecule has 1 aliphatic carbocycles. The lowest BCUT2D eigenvalue weighted by Crippen LogP contribution is -2.32. The molecule has 0 fully saturated rings. The number of hydrogen-bond acceptors (Lipinski definition) is 8. The number of fused-ring (bicyclic) bond motifs is 1. The summed E-state index contributed by atoms with van der Waals surface area (Å²) in [6.45, 7) is 0. The second-order valence-corrected chi connectivity index (χ2v) is 8.05. The lowest BCUT2D eigenvalue weighted by molar-refractivity contribution is 0.0933. The van der Waals surface area contributed by atoms with Gasteiger partial charge < -0.3 is 16.4 Å². The Hall–Kier alpha value is -4.73. The van der Waals surface area contributed by atoms with E-state index in [0.717, 1.165) is 36.1 Å². The maximum Gasteiger partial charge on any atom is 0.260 e. The van der Waals surface area contributed by atoms with E-state index in [1.54, 1.807) is 42.9 Å². The first-order chi connectivity index (χ1) is 17.1. The number of rotatable bonds is 5. The molecule has 0 saturated carbocycles. The fraction of sp³-hybridized carbons (Fsp3) is 0.160. The summed E-state index contributed by atoms with van der Waals surface area (Å²) in [6.07, 6.45) is 10.6. The van der Waals surface area contributed by atoms with Gasteiger partial charge in [0.05, 0.1) is 17.2 Å². The number of carbonyl (C=O) groups is 2. The molecule has 4 aromatic rings. The lowest BCUT2D eigenvalue weighted by Gasteiger charge is -2.26. The Morgan fingerprint density at radius 1 is 0.914 bits per heavy atom. The van der Waals surface area contributed by atoms with Crippen LogP contribution in [-0.4, -0.2) is 36.7 Å². The number of aryl methyl sites for hydroxylation is 1. The minimum Gasteiger partial charge on any atom is -0.383 e. The molecule has 0 aliphatic heterocycles. The van der Waals surface area contributed by atoms with Crippen LogP contribution < -0.4 is 16.4 Å². The summed E-state index contributed by atoms with van der Waals surface area (Å²) in [5.74, 6) is -0.0194. The highest BCUT2D eigenvalue weighted by atomic mass is 16.2. The molecule has 4 heterocycles. The predicted octanol–water partition coefficient (Wildman–Crippen LogP) is 2.97. The van der Waals surface area contributed by atoms with Crippen LogP contribution >= 0.6 is 0 Å². The smallest absolute Gasteiger partial charge is 0.260 e. The van der Waals surface area contributed by atoms with Crippen LogP contribution in [0.3, 0.4) is 0 Å². The molecular formula is C25H22N8O2. The first-order valence-electron chi connectivity index (χ1n) is 11.1. The highest BCUT2D eigenvalue weighted by Gasteiger charge is 2.26. The van der Waals surface area contributed by atoms with Gasteiger partial charge >= 0.3 is 0 Å². The minimum atomic E-state index is -0.498. The van der Waals surface area contributed by atoms with E-state index in [9.17, 15) is 9.59 Å². The van der Waals surface area contributed by atoms with Crippen molar-refractivity contribution < 1.29 is 9.59 Å². The summed E-state index contributed by atoms with van der Waals surface area (Å²) in [5, 5.41) is 5.72. The van der Waals surface area contributed by atoms with Crippen molar-refractivity contribution in [2.75, 3.05) is 11.1 Å². The molecule has 0 radical (unpaired) electrons. The molecule has 4 aromatic heterocycles. The number of aromatic nitrogens is 5. The maximum atomic E-state index is 13.2. The van der Waals surface area contributed by atoms with Crippen LogP contribution in [0.1, 0.15) is 50.9 Å². The Labute approximate surface area is 201 Å². The molecule has 35 heavy (non-hydrogen) atoms.